The molecule has 0 N–H and O–H groups in total. The molecule has 3 aliphatic heterocycles. The van der Waals surface area contributed by atoms with Crippen LogP contribution in [0.3, 0.4) is 0 Å². The Labute approximate surface area is 525 Å². The zero-order valence-electron chi connectivity index (χ0n) is 49.5. The van der Waals surface area contributed by atoms with Crippen LogP contribution >= 0.6 is 0 Å². The first kappa shape index (κ1) is 55.2. The van der Waals surface area contributed by atoms with Crippen LogP contribution in [0.4, 0.5) is 0 Å². The normalized spacial score (nSPS) is 15.1. The Morgan fingerprint density at radius 2 is 0.611 bits per heavy atom. The standard InChI is InChI=1S/C31H22NO.C27H20NO.C23H18NO.3CH4/c1-31(2)25-14-22-11-18-7-3-5-9-20(18)13-24(22)30-28(25)29-26(31)15-23-12-19-8-4-6-10-21(19)16-27(23)32(29)17-33-30;1-27(2)21-14-19-11-16-7-3-4-8-17(16)12-20(19)26-24(21)25-22(27)13-18-9-5-6-10-23(18)28(25)15-29-26;1-23(2)18-8-5-9-24-13-25-22-17-11-15-7-4-3-6-14(15)10-16(17)12-19(23)20(22)21(18)24;;;/h3-16H,17H2,1-2H3;3-14H,15H2,1-2H3;3-12H,13H2,1-2H3;3*1H4/q3*+1;;;. The molecule has 0 bridgehead atoms. The van der Waals surface area contributed by atoms with Gasteiger partial charge in [0.05, 0.1) is 16.7 Å². The highest BCUT2D eigenvalue weighted by Crippen LogP contribution is 2.58. The second kappa shape index (κ2) is 19.2. The Balaban J connectivity index is 0.000000107. The molecular formula is C84H72N3O3+3. The van der Waals surface area contributed by atoms with Crippen molar-refractivity contribution in [1.82, 2.24) is 0 Å². The smallest absolute Gasteiger partial charge is 0.293 e. The van der Waals surface area contributed by atoms with Crippen LogP contribution in [0, 0.1) is 0 Å². The summed E-state index contributed by atoms with van der Waals surface area (Å²) in [5.41, 5.74) is 18.5. The number of rotatable bonds is 0. The maximum absolute atomic E-state index is 6.60. The molecule has 6 aliphatic rings. The van der Waals surface area contributed by atoms with Gasteiger partial charge in [0.25, 0.3) is 20.2 Å². The Bertz CT molecular complexity index is 5560. The molecule has 0 fully saturated rings. The predicted molar refractivity (Wildman–Crippen MR) is 372 cm³/mol. The molecule has 6 heterocycles. The number of para-hydroxylation sites is 1. The van der Waals surface area contributed by atoms with E-state index in [-0.39, 0.29) is 38.5 Å². The summed E-state index contributed by atoms with van der Waals surface area (Å²) >= 11 is 0. The average Bonchev–Trinajstić information content (AvgIpc) is 1.51. The van der Waals surface area contributed by atoms with Crippen molar-refractivity contribution >= 4 is 97.2 Å². The molecule has 438 valence electrons. The number of nitrogens with zero attached hydrogens (tertiary/aromatic N) is 3. The predicted octanol–water partition coefficient (Wildman–Crippen LogP) is 20.2. The molecule has 0 radical (unpaired) electrons. The molecule has 0 unspecified atom stereocenters. The Hall–Kier alpha value is -10.2. The van der Waals surface area contributed by atoms with Gasteiger partial charge < -0.3 is 14.2 Å². The van der Waals surface area contributed by atoms with Crippen LogP contribution in [0.2, 0.25) is 0 Å². The molecule has 15 aromatic rings. The van der Waals surface area contributed by atoms with E-state index in [9.17, 15) is 0 Å². The van der Waals surface area contributed by atoms with E-state index in [1.807, 2.05) is 0 Å². The molecular weight excluding hydrogens is 1100 g/mol. The molecule has 21 rings (SSSR count). The first-order valence-corrected chi connectivity index (χ1v) is 30.7. The van der Waals surface area contributed by atoms with Crippen LogP contribution < -0.4 is 27.9 Å². The minimum absolute atomic E-state index is 0. The summed E-state index contributed by atoms with van der Waals surface area (Å²) < 4.78 is 26.4. The van der Waals surface area contributed by atoms with Gasteiger partial charge >= 0.3 is 0 Å². The summed E-state index contributed by atoms with van der Waals surface area (Å²) in [6.07, 6.45) is 2.12. The number of hydrogen-bond acceptors (Lipinski definition) is 3. The highest BCUT2D eigenvalue weighted by Gasteiger charge is 2.50. The summed E-state index contributed by atoms with van der Waals surface area (Å²) in [6, 6.07) is 77.8. The van der Waals surface area contributed by atoms with Crippen molar-refractivity contribution in [3.8, 4) is 51.0 Å². The topological polar surface area (TPSA) is 39.3 Å². The van der Waals surface area contributed by atoms with Crippen LogP contribution in [-0.2, 0) is 36.4 Å². The van der Waals surface area contributed by atoms with Gasteiger partial charge in [-0.25, -0.2) is 0 Å². The zero-order valence-corrected chi connectivity index (χ0v) is 49.5. The fraction of sp³-hybridized carbons (Fsp3) is 0.179. The van der Waals surface area contributed by atoms with Gasteiger partial charge in [-0.1, -0.05) is 173 Å². The molecule has 0 saturated carbocycles. The van der Waals surface area contributed by atoms with Crippen LogP contribution in [-0.4, -0.2) is 0 Å². The van der Waals surface area contributed by atoms with Gasteiger partial charge in [-0.3, -0.25) is 0 Å². The lowest BCUT2D eigenvalue weighted by Gasteiger charge is -2.21. The minimum atomic E-state index is -0.0888. The van der Waals surface area contributed by atoms with Crippen molar-refractivity contribution in [3.63, 3.8) is 0 Å². The third kappa shape index (κ3) is 7.36. The van der Waals surface area contributed by atoms with E-state index in [2.05, 4.69) is 274 Å². The molecule has 0 saturated heterocycles. The molecule has 0 amide bonds. The van der Waals surface area contributed by atoms with Crippen molar-refractivity contribution in [2.45, 2.75) is 100 Å². The minimum Gasteiger partial charge on any atom is -0.434 e. The summed E-state index contributed by atoms with van der Waals surface area (Å²) in [6.45, 7) is 15.7. The zero-order chi connectivity index (χ0) is 58.0. The fourth-order valence-electron chi connectivity index (χ4n) is 16.3. The number of aromatic nitrogens is 3. The monoisotopic (exact) mass is 1170 g/mol. The third-order valence-electron chi connectivity index (χ3n) is 20.8. The third-order valence-corrected chi connectivity index (χ3v) is 20.8. The first-order chi connectivity index (χ1) is 42.4. The molecule has 3 aromatic heterocycles. The van der Waals surface area contributed by atoms with E-state index in [4.69, 9.17) is 14.2 Å². The summed E-state index contributed by atoms with van der Waals surface area (Å²) in [7, 11) is 0. The van der Waals surface area contributed by atoms with E-state index < -0.39 is 0 Å². The number of ether oxygens (including phenoxy) is 3. The van der Waals surface area contributed by atoms with Crippen LogP contribution in [0.25, 0.3) is 131 Å². The highest BCUT2D eigenvalue weighted by atomic mass is 16.5. The van der Waals surface area contributed by atoms with Crippen molar-refractivity contribution in [2.24, 2.45) is 0 Å². The molecule has 0 spiro atoms. The van der Waals surface area contributed by atoms with E-state index in [1.165, 1.54) is 164 Å². The number of pyridine rings is 3. The van der Waals surface area contributed by atoms with Gasteiger partial charge in [0.15, 0.2) is 6.20 Å². The average molecular weight is 1170 g/mol. The van der Waals surface area contributed by atoms with Crippen molar-refractivity contribution in [1.29, 1.82) is 0 Å². The van der Waals surface area contributed by atoms with Gasteiger partial charge in [0.2, 0.25) is 28.1 Å². The number of benzene rings is 12. The Kier molecular flexibility index (Phi) is 11.7. The molecule has 90 heavy (non-hydrogen) atoms. The molecule has 12 aromatic carbocycles. The Morgan fingerprint density at radius 1 is 0.278 bits per heavy atom. The van der Waals surface area contributed by atoms with Gasteiger partial charge in [0, 0.05) is 78.1 Å². The highest BCUT2D eigenvalue weighted by molar-refractivity contribution is 6.10. The van der Waals surface area contributed by atoms with E-state index in [0.29, 0.717) is 20.2 Å². The maximum Gasteiger partial charge on any atom is 0.293 e. The van der Waals surface area contributed by atoms with E-state index in [0.717, 1.165) is 17.2 Å². The van der Waals surface area contributed by atoms with Crippen LogP contribution in [0.5, 0.6) is 17.2 Å². The van der Waals surface area contributed by atoms with Gasteiger partial charge in [0.1, 0.15) is 17.2 Å². The van der Waals surface area contributed by atoms with E-state index in [1.54, 1.807) is 0 Å². The van der Waals surface area contributed by atoms with Crippen molar-refractivity contribution in [3.05, 3.63) is 252 Å². The lowest BCUT2D eigenvalue weighted by molar-refractivity contribution is -0.717. The van der Waals surface area contributed by atoms with Crippen molar-refractivity contribution in [2.75, 3.05) is 0 Å². The summed E-state index contributed by atoms with van der Waals surface area (Å²) in [4.78, 5) is 0. The molecule has 3 aliphatic carbocycles. The number of hydrogen-bond donors (Lipinski definition) is 0. The molecule has 6 nitrogen and oxygen atoms in total. The second-order valence-corrected chi connectivity index (χ2v) is 26.6. The van der Waals surface area contributed by atoms with Crippen LogP contribution in [0.1, 0.15) is 97.2 Å². The van der Waals surface area contributed by atoms with Crippen LogP contribution in [0.15, 0.2) is 219 Å². The summed E-state index contributed by atoms with van der Waals surface area (Å²) in [5.74, 6) is 3.14. The van der Waals surface area contributed by atoms with E-state index >= 15 is 0 Å². The van der Waals surface area contributed by atoms with Gasteiger partial charge in [-0.15, -0.1) is 0 Å². The second-order valence-electron chi connectivity index (χ2n) is 26.6. The lowest BCUT2D eigenvalue weighted by Crippen LogP contribution is -2.42. The Morgan fingerprint density at radius 3 is 1.07 bits per heavy atom. The van der Waals surface area contributed by atoms with Gasteiger partial charge in [-0.2, -0.15) is 13.7 Å². The SMILES string of the molecule is C.C.C.CC1(C)c2cc3cc4ccccc4cc3c3c2-c2c1cc1cc4ccccc4cc1[n+]2CO3.CC1(C)c2cc3cc4ccccc4cc3c3c2-c2c1cc1ccccc1[n+]2CO3.CC1(C)c2cc3cc4ccccc4cc3c3c2-c2c1ccc[n+]2CO3. The van der Waals surface area contributed by atoms with Gasteiger partial charge in [-0.05, 0) is 161 Å². The fourth-order valence-corrected chi connectivity index (χ4v) is 16.3. The largest absolute Gasteiger partial charge is 0.434 e. The maximum atomic E-state index is 6.60. The number of fused-ring (bicyclic) bond motifs is 14. The quantitative estimate of drug-likeness (QED) is 0.112. The lowest BCUT2D eigenvalue weighted by atomic mass is 9.81. The molecule has 6 heteroatoms. The van der Waals surface area contributed by atoms with Crippen molar-refractivity contribution < 1.29 is 27.9 Å². The summed E-state index contributed by atoms with van der Waals surface area (Å²) in [5, 5.41) is 20.1. The first-order valence-electron chi connectivity index (χ1n) is 30.7. The molecule has 0 atom stereocenters.